The molecular weight excluding hydrogens is 334 g/mol. The summed E-state index contributed by atoms with van der Waals surface area (Å²) in [6.45, 7) is 0.162. The fourth-order valence-corrected chi connectivity index (χ4v) is 3.05. The molecule has 0 bridgehead atoms. The van der Waals surface area contributed by atoms with E-state index < -0.39 is 11.9 Å². The molecular formula is C16H12BrNO3. The van der Waals surface area contributed by atoms with Gasteiger partial charge >= 0.3 is 5.97 Å². The van der Waals surface area contributed by atoms with Crippen LogP contribution in [0.5, 0.6) is 0 Å². The zero-order valence-electron chi connectivity index (χ0n) is 11.0. The van der Waals surface area contributed by atoms with Gasteiger partial charge in [-0.1, -0.05) is 30.3 Å². The first-order valence-electron chi connectivity index (χ1n) is 6.47. The molecule has 1 N–H and O–H groups in total. The topological polar surface area (TPSA) is 57.6 Å². The van der Waals surface area contributed by atoms with E-state index in [1.165, 1.54) is 4.90 Å². The Morgan fingerprint density at radius 2 is 1.76 bits per heavy atom. The number of hydrogen-bond donors (Lipinski definition) is 1. The number of nitrogens with zero attached hydrogens (tertiary/aromatic N) is 1. The van der Waals surface area contributed by atoms with E-state index in [0.717, 1.165) is 0 Å². The molecule has 21 heavy (non-hydrogen) atoms. The number of carboxylic acid groups (broad SMARTS) is 1. The number of amides is 1. The van der Waals surface area contributed by atoms with E-state index in [1.54, 1.807) is 36.4 Å². The van der Waals surface area contributed by atoms with Gasteiger partial charge in [0.1, 0.15) is 5.92 Å². The first-order chi connectivity index (χ1) is 10.1. The van der Waals surface area contributed by atoms with Crippen molar-refractivity contribution in [3.63, 3.8) is 0 Å². The third kappa shape index (κ3) is 2.34. The Kier molecular flexibility index (Phi) is 3.51. The molecule has 0 radical (unpaired) electrons. The quantitative estimate of drug-likeness (QED) is 0.908. The molecule has 2 aromatic rings. The van der Waals surface area contributed by atoms with Gasteiger partial charge < -0.3 is 10.0 Å². The molecule has 0 unspecified atom stereocenters. The van der Waals surface area contributed by atoms with Crippen LogP contribution in [0.25, 0.3) is 0 Å². The Hall–Kier alpha value is -2.14. The largest absolute Gasteiger partial charge is 0.481 e. The van der Waals surface area contributed by atoms with Crippen LogP contribution in [-0.2, 0) is 4.79 Å². The molecule has 0 spiro atoms. The van der Waals surface area contributed by atoms with Crippen LogP contribution >= 0.6 is 15.9 Å². The standard InChI is InChI=1S/C16H12BrNO3/c17-13-7-3-1-6-11(13)15(19)18-9-12(16(20)21)10-5-2-4-8-14(10)18/h1-8,12H,9H2,(H,20,21)/t12-/m1/s1. The van der Waals surface area contributed by atoms with Crippen LogP contribution in [-0.4, -0.2) is 23.5 Å². The maximum atomic E-state index is 12.7. The predicted molar refractivity (Wildman–Crippen MR) is 82.6 cm³/mol. The second kappa shape index (κ2) is 5.33. The molecule has 0 saturated heterocycles. The van der Waals surface area contributed by atoms with Gasteiger partial charge in [-0.2, -0.15) is 0 Å². The lowest BCUT2D eigenvalue weighted by atomic mass is 10.0. The fourth-order valence-electron chi connectivity index (χ4n) is 2.59. The zero-order valence-corrected chi connectivity index (χ0v) is 12.6. The van der Waals surface area contributed by atoms with E-state index in [4.69, 9.17) is 0 Å². The molecule has 0 fully saturated rings. The maximum Gasteiger partial charge on any atom is 0.312 e. The van der Waals surface area contributed by atoms with Crippen LogP contribution in [0, 0.1) is 0 Å². The minimum atomic E-state index is -0.912. The van der Waals surface area contributed by atoms with Crippen molar-refractivity contribution in [2.24, 2.45) is 0 Å². The Balaban J connectivity index is 2.03. The van der Waals surface area contributed by atoms with Gasteiger partial charge in [0.15, 0.2) is 0 Å². The van der Waals surface area contributed by atoms with Gasteiger partial charge in [0.2, 0.25) is 0 Å². The van der Waals surface area contributed by atoms with Crippen LogP contribution in [0.1, 0.15) is 21.8 Å². The molecule has 1 aliphatic heterocycles. The molecule has 1 atom stereocenters. The molecule has 0 aromatic heterocycles. The second-order valence-electron chi connectivity index (χ2n) is 4.85. The van der Waals surface area contributed by atoms with E-state index in [1.807, 2.05) is 12.1 Å². The van der Waals surface area contributed by atoms with Gasteiger partial charge in [-0.05, 0) is 39.7 Å². The van der Waals surface area contributed by atoms with E-state index in [0.29, 0.717) is 21.3 Å². The minimum Gasteiger partial charge on any atom is -0.481 e. The molecule has 0 aliphatic carbocycles. The SMILES string of the molecule is O=C(O)[C@@H]1CN(C(=O)c2ccccc2Br)c2ccccc21. The third-order valence-electron chi connectivity index (χ3n) is 3.62. The van der Waals surface area contributed by atoms with E-state index in [9.17, 15) is 14.7 Å². The van der Waals surface area contributed by atoms with Gasteiger partial charge in [0.25, 0.3) is 5.91 Å². The molecule has 0 saturated carbocycles. The van der Waals surface area contributed by atoms with Crippen molar-refractivity contribution in [1.29, 1.82) is 0 Å². The summed E-state index contributed by atoms with van der Waals surface area (Å²) in [6.07, 6.45) is 0. The average molecular weight is 346 g/mol. The number of carbonyl (C=O) groups is 2. The monoisotopic (exact) mass is 345 g/mol. The van der Waals surface area contributed by atoms with E-state index in [-0.39, 0.29) is 12.5 Å². The Morgan fingerprint density at radius 1 is 1.10 bits per heavy atom. The van der Waals surface area contributed by atoms with Crippen molar-refractivity contribution >= 4 is 33.5 Å². The summed E-state index contributed by atoms with van der Waals surface area (Å²) in [5.74, 6) is -1.78. The number of rotatable bonds is 2. The number of anilines is 1. The highest BCUT2D eigenvalue weighted by Crippen LogP contribution is 2.37. The predicted octanol–water partition coefficient (Wildman–Crippen LogP) is 3.28. The van der Waals surface area contributed by atoms with Gasteiger partial charge in [0, 0.05) is 16.7 Å². The Labute approximate surface area is 130 Å². The lowest BCUT2D eigenvalue weighted by molar-refractivity contribution is -0.138. The highest BCUT2D eigenvalue weighted by atomic mass is 79.9. The lowest BCUT2D eigenvalue weighted by Gasteiger charge is -2.18. The zero-order chi connectivity index (χ0) is 15.0. The van der Waals surface area contributed by atoms with Crippen molar-refractivity contribution in [2.45, 2.75) is 5.92 Å². The lowest BCUT2D eigenvalue weighted by Crippen LogP contribution is -2.31. The molecule has 1 heterocycles. The highest BCUT2D eigenvalue weighted by Gasteiger charge is 2.36. The molecule has 2 aromatic carbocycles. The minimum absolute atomic E-state index is 0.162. The summed E-state index contributed by atoms with van der Waals surface area (Å²) < 4.78 is 0.700. The molecule has 1 aliphatic rings. The number of fused-ring (bicyclic) bond motifs is 1. The number of carbonyl (C=O) groups excluding carboxylic acids is 1. The first kappa shape index (κ1) is 13.8. The first-order valence-corrected chi connectivity index (χ1v) is 7.27. The van der Waals surface area contributed by atoms with Gasteiger partial charge in [0.05, 0.1) is 5.56 Å². The van der Waals surface area contributed by atoms with Gasteiger partial charge in [-0.3, -0.25) is 9.59 Å². The second-order valence-corrected chi connectivity index (χ2v) is 5.70. The average Bonchev–Trinajstić information content (AvgIpc) is 2.87. The number of benzene rings is 2. The molecule has 3 rings (SSSR count). The molecule has 106 valence electrons. The number of hydrogen-bond acceptors (Lipinski definition) is 2. The van der Waals surface area contributed by atoms with Gasteiger partial charge in [-0.15, -0.1) is 0 Å². The van der Waals surface area contributed by atoms with Crippen LogP contribution in [0.15, 0.2) is 53.0 Å². The van der Waals surface area contributed by atoms with Crippen LogP contribution in [0.4, 0.5) is 5.69 Å². The van der Waals surface area contributed by atoms with Crippen molar-refractivity contribution < 1.29 is 14.7 Å². The normalized spacial score (nSPS) is 16.6. The smallest absolute Gasteiger partial charge is 0.312 e. The number of aliphatic carboxylic acids is 1. The van der Waals surface area contributed by atoms with Crippen LogP contribution in [0.3, 0.4) is 0 Å². The van der Waals surface area contributed by atoms with Crippen molar-refractivity contribution in [2.75, 3.05) is 11.4 Å². The summed E-state index contributed by atoms with van der Waals surface area (Å²) in [6, 6.07) is 14.3. The number of para-hydroxylation sites is 1. The summed E-state index contributed by atoms with van der Waals surface area (Å²) in [4.78, 5) is 25.6. The summed E-state index contributed by atoms with van der Waals surface area (Å²) in [5, 5.41) is 9.34. The van der Waals surface area contributed by atoms with Gasteiger partial charge in [-0.25, -0.2) is 0 Å². The fraction of sp³-hybridized carbons (Fsp3) is 0.125. The molecule has 5 heteroatoms. The Bertz CT molecular complexity index is 729. The van der Waals surface area contributed by atoms with Crippen LogP contribution < -0.4 is 4.90 Å². The molecule has 4 nitrogen and oxygen atoms in total. The van der Waals surface area contributed by atoms with Crippen molar-refractivity contribution in [1.82, 2.24) is 0 Å². The number of carboxylic acids is 1. The van der Waals surface area contributed by atoms with Crippen LogP contribution in [0.2, 0.25) is 0 Å². The maximum absolute atomic E-state index is 12.7. The summed E-state index contributed by atoms with van der Waals surface area (Å²) in [7, 11) is 0. The van der Waals surface area contributed by atoms with Crippen molar-refractivity contribution in [3.05, 3.63) is 64.1 Å². The summed E-state index contributed by atoms with van der Waals surface area (Å²) in [5.41, 5.74) is 1.88. The van der Waals surface area contributed by atoms with E-state index in [2.05, 4.69) is 15.9 Å². The number of halogens is 1. The van der Waals surface area contributed by atoms with Crippen molar-refractivity contribution in [3.8, 4) is 0 Å². The Morgan fingerprint density at radius 3 is 2.48 bits per heavy atom. The molecule has 1 amide bonds. The highest BCUT2D eigenvalue weighted by molar-refractivity contribution is 9.10. The van der Waals surface area contributed by atoms with E-state index >= 15 is 0 Å². The summed E-state index contributed by atoms with van der Waals surface area (Å²) >= 11 is 3.36. The third-order valence-corrected chi connectivity index (χ3v) is 4.31.